The lowest BCUT2D eigenvalue weighted by Crippen LogP contribution is -2.49. The highest BCUT2D eigenvalue weighted by atomic mass is 32.1. The Morgan fingerprint density at radius 1 is 1.32 bits per heavy atom. The Hall–Kier alpha value is -1.69. The van der Waals surface area contributed by atoms with E-state index >= 15 is 0 Å². The van der Waals surface area contributed by atoms with Gasteiger partial charge < -0.3 is 10.1 Å². The molecule has 0 bridgehead atoms. The first-order valence-corrected chi connectivity index (χ1v) is 9.90. The molecule has 2 atom stereocenters. The summed E-state index contributed by atoms with van der Waals surface area (Å²) in [5.74, 6) is 0.0439. The molecule has 1 N–H and O–H groups in total. The van der Waals surface area contributed by atoms with Gasteiger partial charge in [-0.25, -0.2) is 0 Å². The highest BCUT2D eigenvalue weighted by Gasteiger charge is 2.43. The predicted octanol–water partition coefficient (Wildman–Crippen LogP) is 3.30. The SMILES string of the molecule is O=C(N[C@@H]1CCO[C@]2(CCN(Cc3ccccc3)C2)C1)c1ccsc1. The molecule has 0 saturated carbocycles. The van der Waals surface area contributed by atoms with Gasteiger partial charge in [-0.2, -0.15) is 11.3 Å². The van der Waals surface area contributed by atoms with Crippen LogP contribution < -0.4 is 5.32 Å². The highest BCUT2D eigenvalue weighted by Crippen LogP contribution is 2.35. The molecule has 4 rings (SSSR count). The van der Waals surface area contributed by atoms with Gasteiger partial charge in [-0.1, -0.05) is 30.3 Å². The monoisotopic (exact) mass is 356 g/mol. The number of carbonyl (C=O) groups excluding carboxylic acids is 1. The maximum Gasteiger partial charge on any atom is 0.252 e. The minimum Gasteiger partial charge on any atom is -0.373 e. The van der Waals surface area contributed by atoms with Crippen LogP contribution in [0.1, 0.15) is 35.2 Å². The summed E-state index contributed by atoms with van der Waals surface area (Å²) in [5, 5.41) is 7.05. The van der Waals surface area contributed by atoms with E-state index in [0.717, 1.165) is 51.1 Å². The molecule has 1 amide bonds. The number of rotatable bonds is 4. The van der Waals surface area contributed by atoms with E-state index in [0.29, 0.717) is 0 Å². The summed E-state index contributed by atoms with van der Waals surface area (Å²) < 4.78 is 6.21. The summed E-state index contributed by atoms with van der Waals surface area (Å²) in [4.78, 5) is 14.8. The van der Waals surface area contributed by atoms with Gasteiger partial charge in [0.1, 0.15) is 0 Å². The minimum atomic E-state index is -0.0976. The van der Waals surface area contributed by atoms with Crippen LogP contribution in [0.15, 0.2) is 47.2 Å². The number of nitrogens with zero attached hydrogens (tertiary/aromatic N) is 1. The van der Waals surface area contributed by atoms with Crippen molar-refractivity contribution in [2.24, 2.45) is 0 Å². The lowest BCUT2D eigenvalue weighted by molar-refractivity contribution is -0.0793. The number of carbonyl (C=O) groups is 1. The van der Waals surface area contributed by atoms with Crippen LogP contribution in [0.4, 0.5) is 0 Å². The Labute approximate surface area is 152 Å². The fourth-order valence-corrected chi connectivity index (χ4v) is 4.64. The van der Waals surface area contributed by atoms with E-state index in [1.165, 1.54) is 5.56 Å². The molecule has 0 aliphatic carbocycles. The molecule has 132 valence electrons. The molecular weight excluding hydrogens is 332 g/mol. The number of ether oxygens (including phenoxy) is 1. The Balaban J connectivity index is 1.35. The maximum atomic E-state index is 12.3. The minimum absolute atomic E-state index is 0.0439. The van der Waals surface area contributed by atoms with Gasteiger partial charge in [-0.3, -0.25) is 9.69 Å². The van der Waals surface area contributed by atoms with Gasteiger partial charge in [-0.15, -0.1) is 0 Å². The van der Waals surface area contributed by atoms with Gasteiger partial charge in [-0.05, 0) is 36.3 Å². The van der Waals surface area contributed by atoms with E-state index in [2.05, 4.69) is 40.5 Å². The smallest absolute Gasteiger partial charge is 0.252 e. The molecule has 2 fully saturated rings. The third-order valence-electron chi connectivity index (χ3n) is 5.26. The number of thiophene rings is 1. The second-order valence-corrected chi connectivity index (χ2v) is 7.93. The summed E-state index contributed by atoms with van der Waals surface area (Å²) in [6, 6.07) is 12.7. The quantitative estimate of drug-likeness (QED) is 0.914. The second kappa shape index (κ2) is 7.28. The molecule has 3 heterocycles. The van der Waals surface area contributed by atoms with E-state index in [1.807, 2.05) is 16.8 Å². The Bertz CT molecular complexity index is 704. The van der Waals surface area contributed by atoms with Gasteiger partial charge in [0.25, 0.3) is 5.91 Å². The Morgan fingerprint density at radius 3 is 3.00 bits per heavy atom. The molecule has 2 aliphatic rings. The lowest BCUT2D eigenvalue weighted by atomic mass is 9.89. The number of hydrogen-bond acceptors (Lipinski definition) is 4. The van der Waals surface area contributed by atoms with Gasteiger partial charge in [0.05, 0.1) is 5.60 Å². The molecule has 0 radical (unpaired) electrons. The molecule has 2 aromatic rings. The second-order valence-electron chi connectivity index (χ2n) is 7.15. The van der Waals surface area contributed by atoms with Gasteiger partial charge in [0.2, 0.25) is 0 Å². The average Bonchev–Trinajstić information content (AvgIpc) is 3.27. The maximum absolute atomic E-state index is 12.3. The van der Waals surface area contributed by atoms with Crippen molar-refractivity contribution in [2.75, 3.05) is 19.7 Å². The molecule has 2 aliphatic heterocycles. The molecular formula is C20H24N2O2S. The third kappa shape index (κ3) is 3.94. The summed E-state index contributed by atoms with van der Waals surface area (Å²) in [6.45, 7) is 3.71. The Morgan fingerprint density at radius 2 is 2.20 bits per heavy atom. The van der Waals surface area contributed by atoms with Crippen LogP contribution >= 0.6 is 11.3 Å². The number of likely N-dealkylation sites (tertiary alicyclic amines) is 1. The van der Waals surface area contributed by atoms with E-state index in [4.69, 9.17) is 4.74 Å². The summed E-state index contributed by atoms with van der Waals surface area (Å²) in [5.41, 5.74) is 2.01. The molecule has 5 heteroatoms. The van der Waals surface area contributed by atoms with Crippen LogP contribution in [0.5, 0.6) is 0 Å². The van der Waals surface area contributed by atoms with Crippen molar-refractivity contribution in [3.05, 3.63) is 58.3 Å². The van der Waals surface area contributed by atoms with Crippen LogP contribution in [-0.2, 0) is 11.3 Å². The first-order valence-electron chi connectivity index (χ1n) is 8.96. The fourth-order valence-electron chi connectivity index (χ4n) is 4.00. The summed E-state index contributed by atoms with van der Waals surface area (Å²) >= 11 is 1.56. The molecule has 25 heavy (non-hydrogen) atoms. The van der Waals surface area contributed by atoms with Crippen molar-refractivity contribution in [2.45, 2.75) is 37.5 Å². The average molecular weight is 356 g/mol. The van der Waals surface area contributed by atoms with Crippen molar-refractivity contribution in [3.63, 3.8) is 0 Å². The van der Waals surface area contributed by atoms with Crippen molar-refractivity contribution in [1.29, 1.82) is 0 Å². The largest absolute Gasteiger partial charge is 0.373 e. The van der Waals surface area contributed by atoms with Crippen LogP contribution in [0.3, 0.4) is 0 Å². The number of hydrogen-bond donors (Lipinski definition) is 1. The van der Waals surface area contributed by atoms with Crippen LogP contribution in [0, 0.1) is 0 Å². The summed E-state index contributed by atoms with van der Waals surface area (Å²) in [7, 11) is 0. The zero-order valence-electron chi connectivity index (χ0n) is 14.3. The number of benzene rings is 1. The van der Waals surface area contributed by atoms with E-state index in [1.54, 1.807) is 11.3 Å². The molecule has 1 aromatic heterocycles. The van der Waals surface area contributed by atoms with Crippen molar-refractivity contribution in [1.82, 2.24) is 10.2 Å². The van der Waals surface area contributed by atoms with Crippen LogP contribution in [0.2, 0.25) is 0 Å². The topological polar surface area (TPSA) is 41.6 Å². The zero-order chi connectivity index (χ0) is 17.1. The van der Waals surface area contributed by atoms with E-state index < -0.39 is 0 Å². The first kappa shape index (κ1) is 16.8. The van der Waals surface area contributed by atoms with Crippen LogP contribution in [-0.4, -0.2) is 42.1 Å². The van der Waals surface area contributed by atoms with Crippen molar-refractivity contribution in [3.8, 4) is 0 Å². The third-order valence-corrected chi connectivity index (χ3v) is 5.94. The standard InChI is InChI=1S/C20H24N2O2S/c23-19(17-7-11-25-14-17)21-18-6-10-24-20(12-18)8-9-22(15-20)13-16-4-2-1-3-5-16/h1-5,7,11,14,18H,6,8-10,12-13,15H2,(H,21,23)/t18-,20-/m1/s1. The zero-order valence-corrected chi connectivity index (χ0v) is 15.1. The van der Waals surface area contributed by atoms with Gasteiger partial charge in [0, 0.05) is 43.2 Å². The normalized spacial score (nSPS) is 26.8. The van der Waals surface area contributed by atoms with Gasteiger partial charge >= 0.3 is 0 Å². The first-order chi connectivity index (χ1) is 12.2. The molecule has 0 unspecified atom stereocenters. The lowest BCUT2D eigenvalue weighted by Gasteiger charge is -2.38. The van der Waals surface area contributed by atoms with Crippen molar-refractivity contribution >= 4 is 17.2 Å². The predicted molar refractivity (Wildman–Crippen MR) is 99.8 cm³/mol. The number of amides is 1. The van der Waals surface area contributed by atoms with E-state index in [-0.39, 0.29) is 17.6 Å². The molecule has 1 aromatic carbocycles. The molecule has 2 saturated heterocycles. The molecule has 1 spiro atoms. The molecule has 4 nitrogen and oxygen atoms in total. The highest BCUT2D eigenvalue weighted by molar-refractivity contribution is 7.08. The summed E-state index contributed by atoms with van der Waals surface area (Å²) in [6.07, 6.45) is 2.86. The van der Waals surface area contributed by atoms with E-state index in [9.17, 15) is 4.79 Å². The van der Waals surface area contributed by atoms with Crippen LogP contribution in [0.25, 0.3) is 0 Å². The Kier molecular flexibility index (Phi) is 4.88. The van der Waals surface area contributed by atoms with Crippen molar-refractivity contribution < 1.29 is 9.53 Å². The fraction of sp³-hybridized carbons (Fsp3) is 0.450. The van der Waals surface area contributed by atoms with Gasteiger partial charge in [0.15, 0.2) is 0 Å². The number of nitrogens with one attached hydrogen (secondary N) is 1.